The summed E-state index contributed by atoms with van der Waals surface area (Å²) >= 11 is 0. The van der Waals surface area contributed by atoms with Gasteiger partial charge in [0.2, 0.25) is 5.75 Å². The summed E-state index contributed by atoms with van der Waals surface area (Å²) < 4.78 is 15.5. The summed E-state index contributed by atoms with van der Waals surface area (Å²) in [7, 11) is 4.52. The summed E-state index contributed by atoms with van der Waals surface area (Å²) in [5.74, 6) is 5.75. The quantitative estimate of drug-likeness (QED) is 0.821. The van der Waals surface area contributed by atoms with Crippen molar-refractivity contribution in [1.82, 2.24) is 0 Å². The zero-order chi connectivity index (χ0) is 13.5. The van der Waals surface area contributed by atoms with E-state index in [-0.39, 0.29) is 6.42 Å². The Morgan fingerprint density at radius 2 is 1.72 bits per heavy atom. The Balaban J connectivity index is 3.13. The molecule has 18 heavy (non-hydrogen) atoms. The van der Waals surface area contributed by atoms with Crippen molar-refractivity contribution in [2.45, 2.75) is 6.42 Å². The van der Waals surface area contributed by atoms with Crippen molar-refractivity contribution in [2.24, 2.45) is 0 Å². The summed E-state index contributed by atoms with van der Waals surface area (Å²) in [6, 6.07) is 3.33. The Labute approximate surface area is 105 Å². The fourth-order valence-corrected chi connectivity index (χ4v) is 1.38. The third kappa shape index (κ3) is 3.32. The van der Waals surface area contributed by atoms with Gasteiger partial charge in [-0.15, -0.1) is 0 Å². The van der Waals surface area contributed by atoms with Crippen LogP contribution in [-0.4, -0.2) is 32.4 Å². The van der Waals surface area contributed by atoms with Crippen LogP contribution in [-0.2, 0) is 4.79 Å². The monoisotopic (exact) mass is 250 g/mol. The minimum Gasteiger partial charge on any atom is -0.493 e. The molecule has 0 atom stereocenters. The molecule has 5 heteroatoms. The number of benzene rings is 1. The first-order chi connectivity index (χ1) is 8.62. The normalized spacial score (nSPS) is 9.06. The Morgan fingerprint density at radius 1 is 1.17 bits per heavy atom. The molecule has 0 aliphatic rings. The SMILES string of the molecule is COc1cc(C#CCC(=O)O)cc(OC)c1OC. The van der Waals surface area contributed by atoms with Crippen molar-refractivity contribution in [3.05, 3.63) is 17.7 Å². The van der Waals surface area contributed by atoms with E-state index >= 15 is 0 Å². The highest BCUT2D eigenvalue weighted by Gasteiger charge is 2.12. The summed E-state index contributed by atoms with van der Waals surface area (Å²) in [5.41, 5.74) is 0.603. The maximum absolute atomic E-state index is 10.4. The van der Waals surface area contributed by atoms with Crippen LogP contribution >= 0.6 is 0 Å². The van der Waals surface area contributed by atoms with Crippen LogP contribution in [0, 0.1) is 11.8 Å². The number of carboxylic acid groups (broad SMARTS) is 1. The lowest BCUT2D eigenvalue weighted by atomic mass is 10.2. The smallest absolute Gasteiger partial charge is 0.315 e. The van der Waals surface area contributed by atoms with E-state index in [4.69, 9.17) is 19.3 Å². The molecular formula is C13H14O5. The summed E-state index contributed by atoms with van der Waals surface area (Å²) in [6.07, 6.45) is -0.212. The van der Waals surface area contributed by atoms with Crippen LogP contribution < -0.4 is 14.2 Å². The Bertz CT molecular complexity index is 471. The number of carbonyl (C=O) groups is 1. The first-order valence-corrected chi connectivity index (χ1v) is 5.13. The van der Waals surface area contributed by atoms with Crippen LogP contribution in [0.1, 0.15) is 12.0 Å². The third-order valence-corrected chi connectivity index (χ3v) is 2.14. The van der Waals surface area contributed by atoms with E-state index in [2.05, 4.69) is 11.8 Å². The molecule has 0 heterocycles. The second-order valence-corrected chi connectivity index (χ2v) is 3.29. The topological polar surface area (TPSA) is 65.0 Å². The maximum atomic E-state index is 10.4. The van der Waals surface area contributed by atoms with E-state index in [1.54, 1.807) is 12.1 Å². The molecule has 0 aromatic heterocycles. The van der Waals surface area contributed by atoms with Gasteiger partial charge in [-0.2, -0.15) is 0 Å². The average Bonchev–Trinajstić information content (AvgIpc) is 2.36. The van der Waals surface area contributed by atoms with Crippen molar-refractivity contribution in [3.8, 4) is 29.1 Å². The standard InChI is InChI=1S/C13H14O5/c1-16-10-7-9(5-4-6-12(14)15)8-11(17-2)13(10)18-3/h7-8H,6H2,1-3H3,(H,14,15). The number of hydrogen-bond donors (Lipinski definition) is 1. The fourth-order valence-electron chi connectivity index (χ4n) is 1.38. The number of rotatable bonds is 4. The largest absolute Gasteiger partial charge is 0.493 e. The van der Waals surface area contributed by atoms with E-state index in [1.165, 1.54) is 21.3 Å². The van der Waals surface area contributed by atoms with Crippen LogP contribution in [0.3, 0.4) is 0 Å². The van der Waals surface area contributed by atoms with E-state index in [9.17, 15) is 4.79 Å². The molecule has 0 amide bonds. The van der Waals surface area contributed by atoms with E-state index < -0.39 is 5.97 Å². The first-order valence-electron chi connectivity index (χ1n) is 5.13. The van der Waals surface area contributed by atoms with Crippen molar-refractivity contribution in [2.75, 3.05) is 21.3 Å². The number of carboxylic acids is 1. The van der Waals surface area contributed by atoms with Crippen molar-refractivity contribution in [1.29, 1.82) is 0 Å². The Kier molecular flexibility index (Phi) is 4.88. The van der Waals surface area contributed by atoms with Gasteiger partial charge < -0.3 is 19.3 Å². The molecular weight excluding hydrogens is 236 g/mol. The van der Waals surface area contributed by atoms with Gasteiger partial charge >= 0.3 is 5.97 Å². The zero-order valence-corrected chi connectivity index (χ0v) is 10.4. The minimum atomic E-state index is -0.963. The number of ether oxygens (including phenoxy) is 3. The third-order valence-electron chi connectivity index (χ3n) is 2.14. The van der Waals surface area contributed by atoms with Gasteiger partial charge in [-0.1, -0.05) is 11.8 Å². The number of hydrogen-bond acceptors (Lipinski definition) is 4. The van der Waals surface area contributed by atoms with Crippen LogP contribution in [0.4, 0.5) is 0 Å². The van der Waals surface area contributed by atoms with E-state index in [0.717, 1.165) is 0 Å². The molecule has 5 nitrogen and oxygen atoms in total. The van der Waals surface area contributed by atoms with Crippen LogP contribution in [0.25, 0.3) is 0 Å². The molecule has 0 fully saturated rings. The van der Waals surface area contributed by atoms with Gasteiger partial charge in [0, 0.05) is 5.56 Å². The molecule has 1 aromatic carbocycles. The predicted octanol–water partition coefficient (Wildman–Crippen LogP) is 1.54. The summed E-state index contributed by atoms with van der Waals surface area (Å²) in [6.45, 7) is 0. The summed E-state index contributed by atoms with van der Waals surface area (Å²) in [4.78, 5) is 10.4. The van der Waals surface area contributed by atoms with Gasteiger partial charge in [0.15, 0.2) is 11.5 Å². The Morgan fingerprint density at radius 3 is 2.11 bits per heavy atom. The van der Waals surface area contributed by atoms with Gasteiger partial charge in [-0.25, -0.2) is 0 Å². The van der Waals surface area contributed by atoms with E-state index in [0.29, 0.717) is 22.8 Å². The zero-order valence-electron chi connectivity index (χ0n) is 10.4. The highest BCUT2D eigenvalue weighted by Crippen LogP contribution is 2.37. The number of aliphatic carboxylic acids is 1. The minimum absolute atomic E-state index is 0.212. The molecule has 0 saturated heterocycles. The molecule has 0 spiro atoms. The van der Waals surface area contributed by atoms with Crippen molar-refractivity contribution >= 4 is 5.97 Å². The Hall–Kier alpha value is -2.35. The first kappa shape index (κ1) is 13.7. The predicted molar refractivity (Wildman–Crippen MR) is 65.2 cm³/mol. The van der Waals surface area contributed by atoms with E-state index in [1.807, 2.05) is 0 Å². The lowest BCUT2D eigenvalue weighted by Crippen LogP contribution is -1.96. The van der Waals surface area contributed by atoms with Gasteiger partial charge in [-0.3, -0.25) is 4.79 Å². The maximum Gasteiger partial charge on any atom is 0.315 e. The van der Waals surface area contributed by atoms with Gasteiger partial charge in [0.1, 0.15) is 6.42 Å². The molecule has 0 aliphatic heterocycles. The number of methoxy groups -OCH3 is 3. The molecule has 0 radical (unpaired) electrons. The molecule has 0 saturated carbocycles. The molecule has 96 valence electrons. The van der Waals surface area contributed by atoms with Crippen LogP contribution in [0.2, 0.25) is 0 Å². The van der Waals surface area contributed by atoms with Gasteiger partial charge in [-0.05, 0) is 12.1 Å². The average molecular weight is 250 g/mol. The van der Waals surface area contributed by atoms with Crippen LogP contribution in [0.5, 0.6) is 17.2 Å². The molecule has 0 unspecified atom stereocenters. The highest BCUT2D eigenvalue weighted by molar-refractivity contribution is 5.70. The highest BCUT2D eigenvalue weighted by atomic mass is 16.5. The van der Waals surface area contributed by atoms with Gasteiger partial charge in [0.25, 0.3) is 0 Å². The fraction of sp³-hybridized carbons (Fsp3) is 0.308. The molecule has 0 bridgehead atoms. The molecule has 0 aliphatic carbocycles. The second-order valence-electron chi connectivity index (χ2n) is 3.29. The lowest BCUT2D eigenvalue weighted by Gasteiger charge is -2.12. The lowest BCUT2D eigenvalue weighted by molar-refractivity contribution is -0.135. The van der Waals surface area contributed by atoms with Crippen molar-refractivity contribution < 1.29 is 24.1 Å². The second kappa shape index (κ2) is 6.40. The molecule has 1 rings (SSSR count). The van der Waals surface area contributed by atoms with Crippen molar-refractivity contribution in [3.63, 3.8) is 0 Å². The van der Waals surface area contributed by atoms with Gasteiger partial charge in [0.05, 0.1) is 21.3 Å². The summed E-state index contributed by atoms with van der Waals surface area (Å²) in [5, 5.41) is 8.50. The molecule has 1 aromatic rings. The molecule has 1 N–H and O–H groups in total. The van der Waals surface area contributed by atoms with Crippen LogP contribution in [0.15, 0.2) is 12.1 Å².